The zero-order chi connectivity index (χ0) is 6.69. The molecule has 0 aliphatic carbocycles. The van der Waals surface area contributed by atoms with E-state index < -0.39 is 5.24 Å². The Kier molecular flexibility index (Phi) is 1.64. The second kappa shape index (κ2) is 2.45. The van der Waals surface area contributed by atoms with Crippen LogP contribution in [0.25, 0.3) is 0 Å². The van der Waals surface area contributed by atoms with Crippen LogP contribution in [0.2, 0.25) is 0 Å². The molecule has 0 aromatic carbocycles. The molecule has 1 aromatic heterocycles. The number of nitrogens with zero attached hydrogens (tertiary/aromatic N) is 4. The summed E-state index contributed by atoms with van der Waals surface area (Å²) in [7, 11) is 0. The van der Waals surface area contributed by atoms with Crippen LogP contribution in [0.15, 0.2) is 6.20 Å². The minimum atomic E-state index is -0.683. The lowest BCUT2D eigenvalue weighted by atomic mass is 10.5. The Hall–Kier alpha value is -1.10. The van der Waals surface area contributed by atoms with Crippen LogP contribution < -0.4 is 0 Å². The van der Waals surface area contributed by atoms with Gasteiger partial charge in [-0.1, -0.05) is 0 Å². The molecule has 0 radical (unpaired) electrons. The SMILES string of the molecule is O=C(Cl)c1cnnnn1. The summed E-state index contributed by atoms with van der Waals surface area (Å²) in [6, 6.07) is 0. The summed E-state index contributed by atoms with van der Waals surface area (Å²) in [6.07, 6.45) is 1.14. The fourth-order valence-corrected chi connectivity index (χ4v) is 0.374. The predicted molar refractivity (Wildman–Crippen MR) is 27.8 cm³/mol. The van der Waals surface area contributed by atoms with Gasteiger partial charge >= 0.3 is 0 Å². The molecular weight excluding hydrogens is 144 g/mol. The maximum Gasteiger partial charge on any atom is 0.274 e. The number of hydrogen-bond acceptors (Lipinski definition) is 5. The first-order valence-electron chi connectivity index (χ1n) is 2.01. The highest BCUT2D eigenvalue weighted by atomic mass is 35.5. The Morgan fingerprint density at radius 2 is 2.33 bits per heavy atom. The lowest BCUT2D eigenvalue weighted by molar-refractivity contribution is 0.107. The van der Waals surface area contributed by atoms with Crippen molar-refractivity contribution in [2.75, 3.05) is 0 Å². The summed E-state index contributed by atoms with van der Waals surface area (Å²) >= 11 is 4.99. The summed E-state index contributed by atoms with van der Waals surface area (Å²) in [6.45, 7) is 0. The van der Waals surface area contributed by atoms with Crippen LogP contribution in [0.4, 0.5) is 0 Å². The first-order valence-corrected chi connectivity index (χ1v) is 2.39. The van der Waals surface area contributed by atoms with E-state index in [-0.39, 0.29) is 5.69 Å². The molecule has 0 saturated heterocycles. The third kappa shape index (κ3) is 1.39. The monoisotopic (exact) mass is 144 g/mol. The van der Waals surface area contributed by atoms with E-state index in [1.165, 1.54) is 0 Å². The van der Waals surface area contributed by atoms with E-state index in [0.29, 0.717) is 0 Å². The molecular formula is C3HClN4O. The number of aromatic nitrogens is 4. The maximum absolute atomic E-state index is 10.2. The maximum atomic E-state index is 10.2. The summed E-state index contributed by atoms with van der Waals surface area (Å²) < 4.78 is 0. The van der Waals surface area contributed by atoms with Crippen LogP contribution >= 0.6 is 11.6 Å². The van der Waals surface area contributed by atoms with E-state index in [1.807, 2.05) is 0 Å². The highest BCUT2D eigenvalue weighted by Crippen LogP contribution is 1.91. The van der Waals surface area contributed by atoms with E-state index in [2.05, 4.69) is 20.6 Å². The molecule has 0 amide bonds. The molecule has 0 aliphatic heterocycles. The fourth-order valence-electron chi connectivity index (χ4n) is 0.288. The molecule has 1 heterocycles. The van der Waals surface area contributed by atoms with Gasteiger partial charge in [0.05, 0.1) is 6.20 Å². The lowest BCUT2D eigenvalue weighted by Gasteiger charge is -1.82. The number of hydrogen-bond donors (Lipinski definition) is 0. The second-order valence-electron chi connectivity index (χ2n) is 1.18. The van der Waals surface area contributed by atoms with Crippen LogP contribution in [-0.4, -0.2) is 25.9 Å². The van der Waals surface area contributed by atoms with Gasteiger partial charge in [-0.15, -0.1) is 10.2 Å². The minimum Gasteiger partial charge on any atom is -0.274 e. The fraction of sp³-hybridized carbons (Fsp3) is 0. The van der Waals surface area contributed by atoms with Crippen molar-refractivity contribution in [3.8, 4) is 0 Å². The molecule has 6 heteroatoms. The number of halogens is 1. The van der Waals surface area contributed by atoms with Gasteiger partial charge in [0.15, 0.2) is 5.69 Å². The molecule has 0 unspecified atom stereocenters. The van der Waals surface area contributed by atoms with Crippen molar-refractivity contribution in [3.05, 3.63) is 11.9 Å². The molecule has 46 valence electrons. The lowest BCUT2D eigenvalue weighted by Crippen LogP contribution is -1.99. The predicted octanol–water partition coefficient (Wildman–Crippen LogP) is -0.354. The van der Waals surface area contributed by atoms with Crippen LogP contribution in [-0.2, 0) is 0 Å². The first kappa shape index (κ1) is 6.03. The summed E-state index contributed by atoms with van der Waals surface area (Å²) in [5.74, 6) is 0. The van der Waals surface area contributed by atoms with Crippen molar-refractivity contribution in [2.45, 2.75) is 0 Å². The van der Waals surface area contributed by atoms with Crippen LogP contribution in [0.1, 0.15) is 10.5 Å². The quantitative estimate of drug-likeness (QED) is 0.504. The second-order valence-corrected chi connectivity index (χ2v) is 1.53. The largest absolute Gasteiger partial charge is 0.274 e. The number of carbonyl (C=O) groups excluding carboxylic acids is 1. The molecule has 0 atom stereocenters. The summed E-state index contributed by atoms with van der Waals surface area (Å²) in [4.78, 5) is 10.2. The van der Waals surface area contributed by atoms with E-state index >= 15 is 0 Å². The molecule has 1 rings (SSSR count). The van der Waals surface area contributed by atoms with E-state index in [0.717, 1.165) is 6.20 Å². The van der Waals surface area contributed by atoms with Crippen molar-refractivity contribution in [3.63, 3.8) is 0 Å². The average molecular weight is 145 g/mol. The Bertz CT molecular complexity index is 212. The van der Waals surface area contributed by atoms with Crippen LogP contribution in [0.5, 0.6) is 0 Å². The molecule has 0 aliphatic rings. The summed E-state index contributed by atoms with van der Waals surface area (Å²) in [5, 5.41) is 12.1. The van der Waals surface area contributed by atoms with E-state index in [1.54, 1.807) is 0 Å². The smallest absolute Gasteiger partial charge is 0.274 e. The Morgan fingerprint density at radius 1 is 1.56 bits per heavy atom. The molecule has 1 aromatic rings. The van der Waals surface area contributed by atoms with Gasteiger partial charge in [-0.2, -0.15) is 0 Å². The minimum absolute atomic E-state index is 0.00617. The molecule has 0 saturated carbocycles. The van der Waals surface area contributed by atoms with E-state index in [9.17, 15) is 4.79 Å². The standard InChI is InChI=1S/C3HClN4O/c4-3(9)2-1-5-7-8-6-2/h1H. The van der Waals surface area contributed by atoms with Gasteiger partial charge in [-0.3, -0.25) is 4.79 Å². The molecule has 5 nitrogen and oxygen atoms in total. The van der Waals surface area contributed by atoms with Gasteiger partial charge in [0.2, 0.25) is 0 Å². The van der Waals surface area contributed by atoms with Gasteiger partial charge in [0, 0.05) is 0 Å². The Balaban J connectivity index is 2.98. The molecule has 9 heavy (non-hydrogen) atoms. The molecule has 0 spiro atoms. The van der Waals surface area contributed by atoms with Gasteiger partial charge in [0.25, 0.3) is 5.24 Å². The van der Waals surface area contributed by atoms with Gasteiger partial charge in [0.1, 0.15) is 0 Å². The van der Waals surface area contributed by atoms with Gasteiger partial charge in [-0.05, 0) is 22.0 Å². The van der Waals surface area contributed by atoms with Crippen molar-refractivity contribution in [1.82, 2.24) is 20.6 Å². The zero-order valence-corrected chi connectivity index (χ0v) is 4.91. The van der Waals surface area contributed by atoms with Crippen molar-refractivity contribution >= 4 is 16.8 Å². The van der Waals surface area contributed by atoms with Gasteiger partial charge in [-0.25, -0.2) is 0 Å². The van der Waals surface area contributed by atoms with E-state index in [4.69, 9.17) is 11.6 Å². The van der Waals surface area contributed by atoms with Gasteiger partial charge < -0.3 is 0 Å². The molecule has 0 N–H and O–H groups in total. The number of carbonyl (C=O) groups is 1. The van der Waals surface area contributed by atoms with Crippen LogP contribution in [0.3, 0.4) is 0 Å². The Labute approximate surface area is 55.0 Å². The Morgan fingerprint density at radius 3 is 2.67 bits per heavy atom. The normalized spacial score (nSPS) is 9.00. The summed E-state index contributed by atoms with van der Waals surface area (Å²) in [5.41, 5.74) is 0.00617. The third-order valence-corrected chi connectivity index (χ3v) is 0.819. The highest BCUT2D eigenvalue weighted by molar-refractivity contribution is 6.67. The van der Waals surface area contributed by atoms with Crippen molar-refractivity contribution in [2.24, 2.45) is 0 Å². The number of rotatable bonds is 1. The average Bonchev–Trinajstić information content (AvgIpc) is 1.90. The molecule has 0 fully saturated rings. The molecule has 0 bridgehead atoms. The highest BCUT2D eigenvalue weighted by Gasteiger charge is 2.01. The first-order chi connectivity index (χ1) is 4.30. The van der Waals surface area contributed by atoms with Crippen molar-refractivity contribution in [1.29, 1.82) is 0 Å². The van der Waals surface area contributed by atoms with Crippen LogP contribution in [0, 0.1) is 0 Å². The van der Waals surface area contributed by atoms with Crippen molar-refractivity contribution < 1.29 is 4.79 Å². The zero-order valence-electron chi connectivity index (χ0n) is 4.15. The third-order valence-electron chi connectivity index (χ3n) is 0.625. The topological polar surface area (TPSA) is 68.6 Å².